The second-order valence-electron chi connectivity index (χ2n) is 13.1. The maximum Gasteiger partial charge on any atom is 0.171 e. The Morgan fingerprint density at radius 1 is 1.00 bits per heavy atom. The van der Waals surface area contributed by atoms with Crippen LogP contribution in [0.2, 0.25) is 0 Å². The van der Waals surface area contributed by atoms with E-state index in [-0.39, 0.29) is 59.2 Å². The smallest absolute Gasteiger partial charge is 0.171 e. The number of ether oxygens (including phenoxy) is 2. The van der Waals surface area contributed by atoms with E-state index in [0.717, 1.165) is 25.9 Å². The first-order chi connectivity index (χ1) is 15.5. The third-order valence-electron chi connectivity index (χ3n) is 11.7. The number of Topliss-reactive ketones (excluding diaryl/α,β-unsaturated/α-hetero) is 2. The van der Waals surface area contributed by atoms with E-state index in [4.69, 9.17) is 9.47 Å². The van der Waals surface area contributed by atoms with Crippen molar-refractivity contribution in [2.24, 2.45) is 52.3 Å². The molecule has 4 aliphatic carbocycles. The Balaban J connectivity index is 1.33. The number of ketones is 2. The normalized spacial score (nSPS) is 60.3. The van der Waals surface area contributed by atoms with Crippen molar-refractivity contribution in [2.75, 3.05) is 6.61 Å². The molecule has 0 bridgehead atoms. The zero-order valence-corrected chi connectivity index (χ0v) is 20.5. The maximum atomic E-state index is 14.0. The molecule has 6 heteroatoms. The Morgan fingerprint density at radius 2 is 1.76 bits per heavy atom. The van der Waals surface area contributed by atoms with Gasteiger partial charge in [0.25, 0.3) is 0 Å². The lowest BCUT2D eigenvalue weighted by atomic mass is 9.43. The lowest BCUT2D eigenvalue weighted by Gasteiger charge is -2.61. The van der Waals surface area contributed by atoms with E-state index in [1.54, 1.807) is 0 Å². The number of fused-ring (bicyclic) bond motifs is 7. The number of hydrogen-bond acceptors (Lipinski definition) is 6. The summed E-state index contributed by atoms with van der Waals surface area (Å²) >= 11 is 0. The molecule has 33 heavy (non-hydrogen) atoms. The summed E-state index contributed by atoms with van der Waals surface area (Å²) in [6.07, 6.45) is 3.04. The van der Waals surface area contributed by atoms with E-state index in [2.05, 4.69) is 27.7 Å². The minimum absolute atomic E-state index is 0.0207. The first kappa shape index (κ1) is 22.6. The van der Waals surface area contributed by atoms with Crippen LogP contribution in [-0.4, -0.2) is 52.5 Å². The van der Waals surface area contributed by atoms with Gasteiger partial charge in [0.2, 0.25) is 0 Å². The number of aliphatic hydroxyl groups excluding tert-OH is 2. The molecule has 6 aliphatic rings. The number of carbonyl (C=O) groups is 2. The van der Waals surface area contributed by atoms with Crippen LogP contribution in [0.1, 0.15) is 72.6 Å². The standard InChI is InChI=1S/C27H40O6/c1-13-5-6-27(32-12-13)14(2)24-22(33-27)9-17-15-7-19(28)18-8-20(29)21(30)11-25(18,3)16(15)10-23(31)26(17,24)4/h13-19,21-22,24,28,30H,5-12H2,1-4H3/t13-,14+,15-,16+,17+,18-,19?,21?,22+,24+,25-,26-,27-/m1/s1. The van der Waals surface area contributed by atoms with Gasteiger partial charge in [-0.2, -0.15) is 0 Å². The quantitative estimate of drug-likeness (QED) is 0.577. The van der Waals surface area contributed by atoms with Crippen LogP contribution in [0, 0.1) is 52.3 Å². The van der Waals surface area contributed by atoms with Gasteiger partial charge in [-0.1, -0.05) is 27.7 Å². The fourth-order valence-corrected chi connectivity index (χ4v) is 9.84. The molecule has 6 nitrogen and oxygen atoms in total. The zero-order chi connectivity index (χ0) is 23.5. The second kappa shape index (κ2) is 7.11. The monoisotopic (exact) mass is 460 g/mol. The summed E-state index contributed by atoms with van der Waals surface area (Å²) in [5.74, 6) is 0.788. The van der Waals surface area contributed by atoms with Gasteiger partial charge in [0.15, 0.2) is 11.6 Å². The van der Waals surface area contributed by atoms with Gasteiger partial charge in [0.1, 0.15) is 11.9 Å². The summed E-state index contributed by atoms with van der Waals surface area (Å²) in [6, 6.07) is 0. The van der Waals surface area contributed by atoms with Crippen LogP contribution >= 0.6 is 0 Å². The zero-order valence-electron chi connectivity index (χ0n) is 20.5. The van der Waals surface area contributed by atoms with Gasteiger partial charge in [-0.3, -0.25) is 9.59 Å². The van der Waals surface area contributed by atoms with Crippen LogP contribution in [0.4, 0.5) is 0 Å². The average Bonchev–Trinajstić information content (AvgIpc) is 3.20. The summed E-state index contributed by atoms with van der Waals surface area (Å²) < 4.78 is 13.1. The lowest BCUT2D eigenvalue weighted by molar-refractivity contribution is -0.272. The summed E-state index contributed by atoms with van der Waals surface area (Å²) in [7, 11) is 0. The van der Waals surface area contributed by atoms with Crippen molar-refractivity contribution >= 4 is 11.6 Å². The first-order valence-corrected chi connectivity index (χ1v) is 13.2. The number of hydrogen-bond donors (Lipinski definition) is 2. The summed E-state index contributed by atoms with van der Waals surface area (Å²) in [5, 5.41) is 21.6. The molecule has 0 aromatic heterocycles. The lowest BCUT2D eigenvalue weighted by Crippen LogP contribution is -2.62. The molecule has 2 N–H and O–H groups in total. The predicted octanol–water partition coefficient (Wildman–Crippen LogP) is 3.12. The summed E-state index contributed by atoms with van der Waals surface area (Å²) in [6.45, 7) is 9.45. The molecule has 0 aromatic rings. The molecule has 184 valence electrons. The van der Waals surface area contributed by atoms with E-state index < -0.39 is 23.4 Å². The summed E-state index contributed by atoms with van der Waals surface area (Å²) in [5.41, 5.74) is -0.853. The van der Waals surface area contributed by atoms with Crippen LogP contribution in [0.15, 0.2) is 0 Å². The van der Waals surface area contributed by atoms with Crippen molar-refractivity contribution in [3.05, 3.63) is 0 Å². The van der Waals surface area contributed by atoms with Crippen molar-refractivity contribution in [1.82, 2.24) is 0 Å². The van der Waals surface area contributed by atoms with E-state index in [0.29, 0.717) is 31.0 Å². The van der Waals surface area contributed by atoms with Crippen molar-refractivity contribution in [3.8, 4) is 0 Å². The van der Waals surface area contributed by atoms with Gasteiger partial charge in [0, 0.05) is 36.5 Å². The van der Waals surface area contributed by atoms with Crippen molar-refractivity contribution in [3.63, 3.8) is 0 Å². The van der Waals surface area contributed by atoms with E-state index >= 15 is 0 Å². The van der Waals surface area contributed by atoms with Gasteiger partial charge < -0.3 is 19.7 Å². The molecule has 4 saturated carbocycles. The van der Waals surface area contributed by atoms with Gasteiger partial charge >= 0.3 is 0 Å². The molecule has 6 fully saturated rings. The molecule has 6 rings (SSSR count). The fraction of sp³-hybridized carbons (Fsp3) is 0.926. The Labute approximate surface area is 196 Å². The molecule has 1 spiro atoms. The Hall–Kier alpha value is -0.820. The van der Waals surface area contributed by atoms with Crippen molar-refractivity contribution in [1.29, 1.82) is 0 Å². The molecular formula is C27H40O6. The highest BCUT2D eigenvalue weighted by Crippen LogP contribution is 2.70. The van der Waals surface area contributed by atoms with Gasteiger partial charge in [-0.15, -0.1) is 0 Å². The van der Waals surface area contributed by atoms with Gasteiger partial charge in [-0.25, -0.2) is 0 Å². The highest BCUT2D eigenvalue weighted by atomic mass is 16.7. The summed E-state index contributed by atoms with van der Waals surface area (Å²) in [4.78, 5) is 26.3. The maximum absolute atomic E-state index is 14.0. The van der Waals surface area contributed by atoms with Gasteiger partial charge in [0.05, 0.1) is 18.8 Å². The van der Waals surface area contributed by atoms with Crippen LogP contribution in [-0.2, 0) is 19.1 Å². The Kier molecular flexibility index (Phi) is 4.88. The van der Waals surface area contributed by atoms with Crippen LogP contribution < -0.4 is 0 Å². The Morgan fingerprint density at radius 3 is 2.45 bits per heavy atom. The molecular weight excluding hydrogens is 420 g/mol. The third-order valence-corrected chi connectivity index (χ3v) is 11.7. The van der Waals surface area contributed by atoms with E-state index in [1.807, 2.05) is 0 Å². The van der Waals surface area contributed by atoms with E-state index in [1.165, 1.54) is 0 Å². The molecule has 2 heterocycles. The molecule has 0 amide bonds. The molecule has 0 aromatic carbocycles. The van der Waals surface area contributed by atoms with Crippen molar-refractivity contribution in [2.45, 2.75) is 96.7 Å². The van der Waals surface area contributed by atoms with Crippen LogP contribution in [0.5, 0.6) is 0 Å². The SMILES string of the molecule is C[C@@H]1CC[C@@]2(OC1)O[C@H]1C[C@H]3[C@@H]4CC(O)[C@H]5CC(=O)C(O)C[C@]5(C)[C@H]4CC(=O)[C@]3(C)[C@H]1[C@@H]2C. The van der Waals surface area contributed by atoms with E-state index in [9.17, 15) is 19.8 Å². The molecule has 2 aliphatic heterocycles. The molecule has 0 radical (unpaired) electrons. The number of carbonyl (C=O) groups excluding carboxylic acids is 2. The minimum Gasteiger partial charge on any atom is -0.393 e. The fourth-order valence-electron chi connectivity index (χ4n) is 9.84. The largest absolute Gasteiger partial charge is 0.393 e. The Bertz CT molecular complexity index is 863. The van der Waals surface area contributed by atoms with Crippen LogP contribution in [0.3, 0.4) is 0 Å². The molecule has 13 atom stereocenters. The highest BCUT2D eigenvalue weighted by molar-refractivity contribution is 5.88. The second-order valence-corrected chi connectivity index (χ2v) is 13.1. The third kappa shape index (κ3) is 2.81. The number of aliphatic hydroxyl groups is 2. The van der Waals surface area contributed by atoms with Gasteiger partial charge in [-0.05, 0) is 60.7 Å². The highest BCUT2D eigenvalue weighted by Gasteiger charge is 2.72. The average molecular weight is 461 g/mol. The topological polar surface area (TPSA) is 93.1 Å². The van der Waals surface area contributed by atoms with Crippen molar-refractivity contribution < 1.29 is 29.3 Å². The number of rotatable bonds is 0. The predicted molar refractivity (Wildman–Crippen MR) is 120 cm³/mol. The minimum atomic E-state index is -0.974. The first-order valence-electron chi connectivity index (χ1n) is 13.2. The molecule has 2 unspecified atom stereocenters. The molecule has 2 saturated heterocycles. The van der Waals surface area contributed by atoms with Crippen LogP contribution in [0.25, 0.3) is 0 Å².